The molecule has 1 aliphatic heterocycles. The van der Waals surface area contributed by atoms with E-state index in [-0.39, 0.29) is 0 Å². The Kier molecular flexibility index (Phi) is 4.75. The van der Waals surface area contributed by atoms with Crippen LogP contribution in [-0.2, 0) is 0 Å². The normalized spacial score (nSPS) is 20.7. The largest absolute Gasteiger partial charge is 0.373 e. The van der Waals surface area contributed by atoms with Gasteiger partial charge in [-0.25, -0.2) is 4.98 Å². The lowest BCUT2D eigenvalue weighted by Crippen LogP contribution is -2.32. The van der Waals surface area contributed by atoms with Crippen LogP contribution in [0.25, 0.3) is 0 Å². The Balaban J connectivity index is 1.74. The van der Waals surface area contributed by atoms with Crippen molar-refractivity contribution < 1.29 is 0 Å². The molecule has 0 radical (unpaired) electrons. The Morgan fingerprint density at radius 1 is 1.50 bits per heavy atom. The summed E-state index contributed by atoms with van der Waals surface area (Å²) < 4.78 is 0. The number of piperidine rings is 1. The van der Waals surface area contributed by atoms with Crippen molar-refractivity contribution in [3.05, 3.63) is 12.3 Å². The van der Waals surface area contributed by atoms with Crippen LogP contribution in [-0.4, -0.2) is 48.6 Å². The van der Waals surface area contributed by atoms with Crippen LogP contribution >= 0.6 is 0 Å². The molecule has 5 heteroatoms. The summed E-state index contributed by atoms with van der Waals surface area (Å²) in [7, 11) is 4.07. The molecule has 1 fully saturated rings. The van der Waals surface area contributed by atoms with Crippen LogP contribution in [0.15, 0.2) is 12.3 Å². The molecule has 2 rings (SSSR count). The zero-order valence-corrected chi connectivity index (χ0v) is 11.3. The molecular formula is C13H23N5. The third kappa shape index (κ3) is 3.84. The topological polar surface area (TPSA) is 53.1 Å². The van der Waals surface area contributed by atoms with E-state index in [0.29, 0.717) is 5.95 Å². The van der Waals surface area contributed by atoms with Crippen LogP contribution in [0.4, 0.5) is 11.8 Å². The molecule has 18 heavy (non-hydrogen) atoms. The molecule has 1 saturated heterocycles. The highest BCUT2D eigenvalue weighted by Crippen LogP contribution is 2.18. The molecule has 0 bridgehead atoms. The first-order chi connectivity index (χ1) is 8.78. The first-order valence-corrected chi connectivity index (χ1v) is 6.71. The second kappa shape index (κ2) is 6.54. The molecule has 0 aliphatic carbocycles. The Bertz CT molecular complexity index is 368. The predicted molar refractivity (Wildman–Crippen MR) is 74.9 cm³/mol. The van der Waals surface area contributed by atoms with Crippen LogP contribution in [0.5, 0.6) is 0 Å². The average Bonchev–Trinajstić information content (AvgIpc) is 2.39. The van der Waals surface area contributed by atoms with Crippen molar-refractivity contribution in [3.8, 4) is 0 Å². The molecule has 0 amide bonds. The highest BCUT2D eigenvalue weighted by Gasteiger charge is 2.16. The van der Waals surface area contributed by atoms with Gasteiger partial charge in [0.1, 0.15) is 5.82 Å². The number of rotatable bonds is 5. The van der Waals surface area contributed by atoms with E-state index in [1.807, 2.05) is 13.1 Å². The van der Waals surface area contributed by atoms with E-state index in [1.165, 1.54) is 32.4 Å². The van der Waals surface area contributed by atoms with Crippen molar-refractivity contribution in [1.29, 1.82) is 0 Å². The molecule has 100 valence electrons. The number of nitrogens with one attached hydrogen (secondary N) is 2. The summed E-state index contributed by atoms with van der Waals surface area (Å²) in [5.41, 5.74) is 0. The first kappa shape index (κ1) is 13.1. The van der Waals surface area contributed by atoms with Gasteiger partial charge >= 0.3 is 0 Å². The fraction of sp³-hybridized carbons (Fsp3) is 0.692. The number of likely N-dealkylation sites (tertiary alicyclic amines) is 1. The minimum atomic E-state index is 0.714. The molecule has 1 aliphatic rings. The van der Waals surface area contributed by atoms with Crippen molar-refractivity contribution in [3.63, 3.8) is 0 Å². The van der Waals surface area contributed by atoms with E-state index < -0.39 is 0 Å². The van der Waals surface area contributed by atoms with E-state index in [2.05, 4.69) is 32.5 Å². The van der Waals surface area contributed by atoms with E-state index in [1.54, 1.807) is 6.20 Å². The van der Waals surface area contributed by atoms with Crippen LogP contribution in [0.3, 0.4) is 0 Å². The first-order valence-electron chi connectivity index (χ1n) is 6.71. The maximum atomic E-state index is 4.35. The second-order valence-electron chi connectivity index (χ2n) is 5.00. The van der Waals surface area contributed by atoms with Crippen molar-refractivity contribution >= 4 is 11.8 Å². The fourth-order valence-corrected chi connectivity index (χ4v) is 2.48. The standard InChI is InChI=1S/C13H23N5/c1-14-12-6-8-16-13(17-12)15-7-5-11-4-3-9-18(2)10-11/h6,8,11H,3-5,7,9-10H2,1-2H3,(H2,14,15,16,17)/t11-/m1/s1. The van der Waals surface area contributed by atoms with Crippen molar-refractivity contribution in [2.45, 2.75) is 19.3 Å². The van der Waals surface area contributed by atoms with Crippen LogP contribution in [0, 0.1) is 5.92 Å². The summed E-state index contributed by atoms with van der Waals surface area (Å²) in [4.78, 5) is 11.0. The fourth-order valence-electron chi connectivity index (χ4n) is 2.48. The molecule has 2 heterocycles. The van der Waals surface area contributed by atoms with Crippen LogP contribution in [0.1, 0.15) is 19.3 Å². The highest BCUT2D eigenvalue weighted by molar-refractivity contribution is 5.38. The van der Waals surface area contributed by atoms with E-state index >= 15 is 0 Å². The highest BCUT2D eigenvalue weighted by atomic mass is 15.1. The molecule has 2 N–H and O–H groups in total. The lowest BCUT2D eigenvalue weighted by atomic mass is 9.95. The van der Waals surface area contributed by atoms with Crippen molar-refractivity contribution in [1.82, 2.24) is 14.9 Å². The van der Waals surface area contributed by atoms with Gasteiger partial charge in [-0.2, -0.15) is 4.98 Å². The monoisotopic (exact) mass is 249 g/mol. The van der Waals surface area contributed by atoms with Crippen molar-refractivity contribution in [2.24, 2.45) is 5.92 Å². The predicted octanol–water partition coefficient (Wildman–Crippen LogP) is 1.66. The maximum Gasteiger partial charge on any atom is 0.224 e. The van der Waals surface area contributed by atoms with Gasteiger partial charge in [0.05, 0.1) is 0 Å². The Hall–Kier alpha value is -1.36. The smallest absolute Gasteiger partial charge is 0.224 e. The Morgan fingerprint density at radius 3 is 3.17 bits per heavy atom. The second-order valence-corrected chi connectivity index (χ2v) is 5.00. The summed E-state index contributed by atoms with van der Waals surface area (Å²) in [6.07, 6.45) is 5.64. The van der Waals surface area contributed by atoms with Gasteiger partial charge in [-0.1, -0.05) is 0 Å². The lowest BCUT2D eigenvalue weighted by Gasteiger charge is -2.29. The Labute approximate surface area is 109 Å². The molecule has 0 aromatic carbocycles. The third-order valence-electron chi connectivity index (χ3n) is 3.47. The molecule has 0 saturated carbocycles. The molecule has 1 aromatic rings. The lowest BCUT2D eigenvalue weighted by molar-refractivity contribution is 0.205. The van der Waals surface area contributed by atoms with Gasteiger partial charge in [0.2, 0.25) is 5.95 Å². The maximum absolute atomic E-state index is 4.35. The number of nitrogens with zero attached hydrogens (tertiary/aromatic N) is 3. The van der Waals surface area contributed by atoms with E-state index in [4.69, 9.17) is 0 Å². The minimum absolute atomic E-state index is 0.714. The molecule has 1 aromatic heterocycles. The van der Waals surface area contributed by atoms with Crippen LogP contribution in [0.2, 0.25) is 0 Å². The summed E-state index contributed by atoms with van der Waals surface area (Å²) >= 11 is 0. The number of hydrogen-bond acceptors (Lipinski definition) is 5. The Morgan fingerprint density at radius 2 is 2.39 bits per heavy atom. The SMILES string of the molecule is CNc1ccnc(NCC[C@H]2CCCN(C)C2)n1. The minimum Gasteiger partial charge on any atom is -0.373 e. The van der Waals surface area contributed by atoms with E-state index in [9.17, 15) is 0 Å². The molecule has 0 spiro atoms. The van der Waals surface area contributed by atoms with Gasteiger partial charge in [-0.3, -0.25) is 0 Å². The zero-order valence-electron chi connectivity index (χ0n) is 11.3. The summed E-state index contributed by atoms with van der Waals surface area (Å²) in [5.74, 6) is 2.37. The summed E-state index contributed by atoms with van der Waals surface area (Å²) in [6.45, 7) is 3.42. The molecule has 1 atom stereocenters. The summed E-state index contributed by atoms with van der Waals surface area (Å²) in [5, 5.41) is 6.32. The van der Waals surface area contributed by atoms with Gasteiger partial charge in [0.25, 0.3) is 0 Å². The number of anilines is 2. The van der Waals surface area contributed by atoms with Gasteiger partial charge in [-0.05, 0) is 44.8 Å². The molecular weight excluding hydrogens is 226 g/mol. The van der Waals surface area contributed by atoms with Gasteiger partial charge in [-0.15, -0.1) is 0 Å². The average molecular weight is 249 g/mol. The van der Waals surface area contributed by atoms with E-state index in [0.717, 1.165) is 18.3 Å². The number of hydrogen-bond donors (Lipinski definition) is 2. The molecule has 0 unspecified atom stereocenters. The molecule has 5 nitrogen and oxygen atoms in total. The third-order valence-corrected chi connectivity index (χ3v) is 3.47. The van der Waals surface area contributed by atoms with Gasteiger partial charge < -0.3 is 15.5 Å². The quantitative estimate of drug-likeness (QED) is 0.831. The van der Waals surface area contributed by atoms with Crippen molar-refractivity contribution in [2.75, 3.05) is 44.4 Å². The zero-order chi connectivity index (χ0) is 12.8. The van der Waals surface area contributed by atoms with Gasteiger partial charge in [0, 0.05) is 26.3 Å². The van der Waals surface area contributed by atoms with Gasteiger partial charge in [0.15, 0.2) is 0 Å². The van der Waals surface area contributed by atoms with Crippen LogP contribution < -0.4 is 10.6 Å². The summed E-state index contributed by atoms with van der Waals surface area (Å²) in [6, 6.07) is 1.86. The number of aromatic nitrogens is 2.